The number of rotatable bonds is 3. The first-order valence-electron chi connectivity index (χ1n) is 5.36. The van der Waals surface area contributed by atoms with Gasteiger partial charge >= 0.3 is 0 Å². The number of nitrogens with zero attached hydrogens (tertiary/aromatic N) is 1. The summed E-state index contributed by atoms with van der Waals surface area (Å²) in [5.74, 6) is 0.192. The van der Waals surface area contributed by atoms with Crippen LogP contribution >= 0.6 is 27.5 Å². The number of ether oxygens (including phenoxy) is 1. The quantitative estimate of drug-likeness (QED) is 0.812. The number of hydrogen-bond donors (Lipinski definition) is 0. The SMILES string of the molecule is N#Cc1ccc(COc2ccc(F)cc2Br)c(Cl)c1. The summed E-state index contributed by atoms with van der Waals surface area (Å²) in [6.07, 6.45) is 0. The van der Waals surface area contributed by atoms with Gasteiger partial charge in [0.15, 0.2) is 0 Å². The lowest BCUT2D eigenvalue weighted by atomic mass is 10.1. The summed E-state index contributed by atoms with van der Waals surface area (Å²) in [7, 11) is 0. The summed E-state index contributed by atoms with van der Waals surface area (Å²) >= 11 is 9.26. The van der Waals surface area contributed by atoms with Crippen LogP contribution in [-0.2, 0) is 6.61 Å². The lowest BCUT2D eigenvalue weighted by Crippen LogP contribution is -1.97. The van der Waals surface area contributed by atoms with E-state index in [9.17, 15) is 4.39 Å². The van der Waals surface area contributed by atoms with Crippen molar-refractivity contribution in [1.82, 2.24) is 0 Å². The summed E-state index contributed by atoms with van der Waals surface area (Å²) < 4.78 is 19.0. The maximum Gasteiger partial charge on any atom is 0.134 e. The number of hydrogen-bond acceptors (Lipinski definition) is 2. The summed E-state index contributed by atoms with van der Waals surface area (Å²) in [5.41, 5.74) is 1.26. The molecule has 0 aliphatic heterocycles. The van der Waals surface area contributed by atoms with Crippen LogP contribution < -0.4 is 4.74 Å². The van der Waals surface area contributed by atoms with Gasteiger partial charge in [-0.05, 0) is 46.3 Å². The Hall–Kier alpha value is -1.57. The minimum absolute atomic E-state index is 0.245. The molecule has 0 unspecified atom stereocenters. The van der Waals surface area contributed by atoms with Crippen molar-refractivity contribution in [3.05, 3.63) is 62.8 Å². The average Bonchev–Trinajstić information content (AvgIpc) is 2.39. The molecule has 0 aromatic heterocycles. The lowest BCUT2D eigenvalue weighted by molar-refractivity contribution is 0.304. The van der Waals surface area contributed by atoms with E-state index in [4.69, 9.17) is 21.6 Å². The Balaban J connectivity index is 2.13. The Bertz CT molecular complexity index is 654. The first-order valence-corrected chi connectivity index (χ1v) is 6.53. The molecular weight excluding hydrogens is 333 g/mol. The predicted octanol–water partition coefficient (Wildman–Crippen LogP) is 4.69. The highest BCUT2D eigenvalue weighted by molar-refractivity contribution is 9.10. The molecule has 96 valence electrons. The molecule has 2 aromatic carbocycles. The van der Waals surface area contributed by atoms with Crippen LogP contribution in [0.25, 0.3) is 0 Å². The summed E-state index contributed by atoms with van der Waals surface area (Å²) in [4.78, 5) is 0. The van der Waals surface area contributed by atoms with Crippen LogP contribution in [-0.4, -0.2) is 0 Å². The third-order valence-corrected chi connectivity index (χ3v) is 3.43. The van der Waals surface area contributed by atoms with Gasteiger partial charge in [0, 0.05) is 10.6 Å². The average molecular weight is 341 g/mol. The van der Waals surface area contributed by atoms with Gasteiger partial charge in [-0.25, -0.2) is 4.39 Å². The molecule has 19 heavy (non-hydrogen) atoms. The molecule has 2 aromatic rings. The molecule has 0 atom stereocenters. The predicted molar refractivity (Wildman–Crippen MR) is 74.6 cm³/mol. The summed E-state index contributed by atoms with van der Waals surface area (Å²) in [6.45, 7) is 0.245. The third kappa shape index (κ3) is 3.46. The second kappa shape index (κ2) is 6.05. The molecule has 0 amide bonds. The van der Waals surface area contributed by atoms with E-state index >= 15 is 0 Å². The first kappa shape index (κ1) is 13.9. The molecular formula is C14H8BrClFNO. The monoisotopic (exact) mass is 339 g/mol. The lowest BCUT2D eigenvalue weighted by Gasteiger charge is -2.09. The van der Waals surface area contributed by atoms with Gasteiger partial charge in [-0.15, -0.1) is 0 Å². The summed E-state index contributed by atoms with van der Waals surface area (Å²) in [6, 6.07) is 11.2. The van der Waals surface area contributed by atoms with Crippen LogP contribution in [0, 0.1) is 17.1 Å². The molecule has 0 heterocycles. The molecule has 2 nitrogen and oxygen atoms in total. The van der Waals surface area contributed by atoms with Gasteiger partial charge in [0.2, 0.25) is 0 Å². The smallest absolute Gasteiger partial charge is 0.134 e. The van der Waals surface area contributed by atoms with E-state index in [0.29, 0.717) is 20.8 Å². The van der Waals surface area contributed by atoms with Crippen LogP contribution in [0.3, 0.4) is 0 Å². The second-order valence-electron chi connectivity index (χ2n) is 3.78. The molecule has 0 fully saturated rings. The Morgan fingerprint density at radius 1 is 1.26 bits per heavy atom. The largest absolute Gasteiger partial charge is 0.488 e. The van der Waals surface area contributed by atoms with E-state index in [0.717, 1.165) is 5.56 Å². The minimum atomic E-state index is -0.337. The highest BCUT2D eigenvalue weighted by Crippen LogP contribution is 2.27. The molecule has 0 spiro atoms. The first-order chi connectivity index (χ1) is 9.10. The Labute approximate surface area is 123 Å². The number of halogens is 3. The fraction of sp³-hybridized carbons (Fsp3) is 0.0714. The van der Waals surface area contributed by atoms with Gasteiger partial charge < -0.3 is 4.74 Å². The third-order valence-electron chi connectivity index (χ3n) is 2.46. The van der Waals surface area contributed by atoms with Crippen LogP contribution in [0.5, 0.6) is 5.75 Å². The normalized spacial score (nSPS) is 10.0. The second-order valence-corrected chi connectivity index (χ2v) is 5.04. The van der Waals surface area contributed by atoms with Crippen molar-refractivity contribution in [2.45, 2.75) is 6.61 Å². The molecule has 0 N–H and O–H groups in total. The highest BCUT2D eigenvalue weighted by Gasteiger charge is 2.06. The molecule has 2 rings (SSSR count). The van der Waals surface area contributed by atoms with Crippen LogP contribution in [0.15, 0.2) is 40.9 Å². The van der Waals surface area contributed by atoms with Crippen molar-refractivity contribution in [2.75, 3.05) is 0 Å². The van der Waals surface area contributed by atoms with E-state index in [1.165, 1.54) is 18.2 Å². The Kier molecular flexibility index (Phi) is 4.41. The zero-order chi connectivity index (χ0) is 13.8. The van der Waals surface area contributed by atoms with Gasteiger partial charge in [-0.3, -0.25) is 0 Å². The Morgan fingerprint density at radius 3 is 2.68 bits per heavy atom. The van der Waals surface area contributed by atoms with E-state index in [1.807, 2.05) is 6.07 Å². The van der Waals surface area contributed by atoms with E-state index < -0.39 is 0 Å². The molecule has 0 aliphatic rings. The fourth-order valence-electron chi connectivity index (χ4n) is 1.48. The zero-order valence-electron chi connectivity index (χ0n) is 9.66. The van der Waals surface area contributed by atoms with Crippen molar-refractivity contribution >= 4 is 27.5 Å². The minimum Gasteiger partial charge on any atom is -0.488 e. The van der Waals surface area contributed by atoms with Crippen LogP contribution in [0.2, 0.25) is 5.02 Å². The molecule has 0 saturated carbocycles. The van der Waals surface area contributed by atoms with Gasteiger partial charge in [0.1, 0.15) is 18.2 Å². The molecule has 0 aliphatic carbocycles. The molecule has 0 radical (unpaired) electrons. The van der Waals surface area contributed by atoms with E-state index in [2.05, 4.69) is 15.9 Å². The zero-order valence-corrected chi connectivity index (χ0v) is 12.0. The molecule has 0 saturated heterocycles. The highest BCUT2D eigenvalue weighted by atomic mass is 79.9. The molecule has 5 heteroatoms. The standard InChI is InChI=1S/C14H8BrClFNO/c15-12-6-11(17)3-4-14(12)19-8-10-2-1-9(7-18)5-13(10)16/h1-6H,8H2. The fourth-order valence-corrected chi connectivity index (χ4v) is 2.18. The van der Waals surface area contributed by atoms with E-state index in [1.54, 1.807) is 18.2 Å². The van der Waals surface area contributed by atoms with Crippen molar-refractivity contribution in [2.24, 2.45) is 0 Å². The van der Waals surface area contributed by atoms with Crippen molar-refractivity contribution in [3.8, 4) is 11.8 Å². The number of benzene rings is 2. The summed E-state index contributed by atoms with van der Waals surface area (Å²) in [5, 5.41) is 9.21. The van der Waals surface area contributed by atoms with Crippen molar-refractivity contribution in [1.29, 1.82) is 5.26 Å². The topological polar surface area (TPSA) is 33.0 Å². The van der Waals surface area contributed by atoms with Crippen LogP contribution in [0.1, 0.15) is 11.1 Å². The van der Waals surface area contributed by atoms with Gasteiger partial charge in [0.25, 0.3) is 0 Å². The van der Waals surface area contributed by atoms with Gasteiger partial charge in [0.05, 0.1) is 16.1 Å². The maximum absolute atomic E-state index is 12.9. The Morgan fingerprint density at radius 2 is 2.05 bits per heavy atom. The van der Waals surface area contributed by atoms with Crippen molar-refractivity contribution in [3.63, 3.8) is 0 Å². The number of nitriles is 1. The van der Waals surface area contributed by atoms with Crippen LogP contribution in [0.4, 0.5) is 4.39 Å². The maximum atomic E-state index is 12.9. The van der Waals surface area contributed by atoms with E-state index in [-0.39, 0.29) is 12.4 Å². The van der Waals surface area contributed by atoms with Gasteiger partial charge in [-0.1, -0.05) is 17.7 Å². The van der Waals surface area contributed by atoms with Crippen molar-refractivity contribution < 1.29 is 9.13 Å². The van der Waals surface area contributed by atoms with Gasteiger partial charge in [-0.2, -0.15) is 5.26 Å². The molecule has 0 bridgehead atoms.